The van der Waals surface area contributed by atoms with Gasteiger partial charge in [-0.15, -0.1) is 10.2 Å². The van der Waals surface area contributed by atoms with Crippen molar-refractivity contribution in [2.45, 2.75) is 51.2 Å². The molecule has 2 aliphatic rings. The summed E-state index contributed by atoms with van der Waals surface area (Å²) in [7, 11) is 1.60. The molecule has 9 nitrogen and oxygen atoms in total. The maximum absolute atomic E-state index is 12.6. The monoisotopic (exact) mass is 460 g/mol. The van der Waals surface area contributed by atoms with Crippen LogP contribution in [-0.4, -0.2) is 60.0 Å². The Kier molecular flexibility index (Phi) is 6.90. The number of hydrogen-bond acceptors (Lipinski definition) is 8. The third-order valence-corrected chi connectivity index (χ3v) is 6.67. The van der Waals surface area contributed by atoms with Crippen LogP contribution in [0, 0.1) is 0 Å². The number of benzene rings is 1. The van der Waals surface area contributed by atoms with E-state index in [0.29, 0.717) is 36.2 Å². The number of carbonyl (C=O) groups excluding carboxylic acids is 2. The zero-order valence-corrected chi connectivity index (χ0v) is 19.3. The molecule has 0 aliphatic carbocycles. The molecule has 0 bridgehead atoms. The molecule has 1 aromatic carbocycles. The van der Waals surface area contributed by atoms with E-state index in [-0.39, 0.29) is 36.5 Å². The Labute approximate surface area is 191 Å². The second-order valence-corrected chi connectivity index (χ2v) is 9.30. The fourth-order valence-corrected chi connectivity index (χ4v) is 4.58. The van der Waals surface area contributed by atoms with Gasteiger partial charge in [0.1, 0.15) is 5.01 Å². The van der Waals surface area contributed by atoms with Crippen LogP contribution in [0.4, 0.5) is 5.13 Å². The Hall–Kier alpha value is -2.72. The number of likely N-dealkylation sites (tertiary alicyclic amines) is 1. The zero-order chi connectivity index (χ0) is 22.7. The maximum Gasteiger partial charge on any atom is 0.245 e. The van der Waals surface area contributed by atoms with Crippen LogP contribution >= 0.6 is 11.3 Å². The third kappa shape index (κ3) is 5.18. The molecular formula is C22H28N4O5S. The van der Waals surface area contributed by atoms with Crippen LogP contribution in [0.2, 0.25) is 0 Å². The average molecular weight is 461 g/mol. The SMILES string of the molecule is COc1ccc([C@@H]2CC(=O)N(CC(=O)Nc3nnc(C(C)C)s3)C2)cc1OC1CCCO1. The first-order valence-corrected chi connectivity index (χ1v) is 11.6. The van der Waals surface area contributed by atoms with Gasteiger partial charge >= 0.3 is 0 Å². The third-order valence-electron chi connectivity index (χ3n) is 5.54. The number of amides is 2. The van der Waals surface area contributed by atoms with Gasteiger partial charge in [0.15, 0.2) is 17.8 Å². The number of ether oxygens (including phenoxy) is 3. The zero-order valence-electron chi connectivity index (χ0n) is 18.5. The molecule has 0 saturated carbocycles. The van der Waals surface area contributed by atoms with Crippen molar-refractivity contribution >= 4 is 28.3 Å². The van der Waals surface area contributed by atoms with Gasteiger partial charge in [0.05, 0.1) is 20.3 Å². The molecule has 1 unspecified atom stereocenters. The van der Waals surface area contributed by atoms with E-state index in [0.717, 1.165) is 23.4 Å². The summed E-state index contributed by atoms with van der Waals surface area (Å²) in [5.74, 6) is 1.13. The van der Waals surface area contributed by atoms with Crippen LogP contribution in [0.1, 0.15) is 55.5 Å². The van der Waals surface area contributed by atoms with Gasteiger partial charge in [0.2, 0.25) is 16.9 Å². The van der Waals surface area contributed by atoms with E-state index in [1.807, 2.05) is 32.0 Å². The summed E-state index contributed by atoms with van der Waals surface area (Å²) >= 11 is 1.35. The second-order valence-electron chi connectivity index (χ2n) is 8.29. The normalized spacial score (nSPS) is 20.8. The predicted molar refractivity (Wildman–Crippen MR) is 119 cm³/mol. The molecule has 1 aromatic heterocycles. The molecule has 0 radical (unpaired) electrons. The van der Waals surface area contributed by atoms with Crippen LogP contribution < -0.4 is 14.8 Å². The molecule has 1 N–H and O–H groups in total. The summed E-state index contributed by atoms with van der Waals surface area (Å²) in [6.45, 7) is 5.18. The van der Waals surface area contributed by atoms with Crippen molar-refractivity contribution in [3.63, 3.8) is 0 Å². The van der Waals surface area contributed by atoms with Crippen molar-refractivity contribution in [3.8, 4) is 11.5 Å². The smallest absolute Gasteiger partial charge is 0.245 e. The lowest BCUT2D eigenvalue weighted by Gasteiger charge is -2.19. The number of nitrogens with zero attached hydrogens (tertiary/aromatic N) is 3. The Bertz CT molecular complexity index is 973. The predicted octanol–water partition coefficient (Wildman–Crippen LogP) is 3.14. The van der Waals surface area contributed by atoms with Crippen molar-refractivity contribution in [3.05, 3.63) is 28.8 Å². The lowest BCUT2D eigenvalue weighted by atomic mass is 9.98. The van der Waals surface area contributed by atoms with E-state index in [1.165, 1.54) is 11.3 Å². The van der Waals surface area contributed by atoms with E-state index in [2.05, 4.69) is 15.5 Å². The van der Waals surface area contributed by atoms with E-state index in [4.69, 9.17) is 14.2 Å². The highest BCUT2D eigenvalue weighted by atomic mass is 32.1. The standard InChI is InChI=1S/C22H28N4O5S/c1-13(2)21-24-25-22(32-21)23-18(27)12-26-11-15(10-19(26)28)14-6-7-16(29-3)17(9-14)31-20-5-4-8-30-20/h6-7,9,13,15,20H,4-5,8,10-12H2,1-3H3,(H,23,25,27)/t15-,20?/m1/s1. The molecule has 10 heteroatoms. The summed E-state index contributed by atoms with van der Waals surface area (Å²) < 4.78 is 17.0. The summed E-state index contributed by atoms with van der Waals surface area (Å²) in [5, 5.41) is 12.1. The number of aromatic nitrogens is 2. The molecule has 3 heterocycles. The van der Waals surface area contributed by atoms with Crippen LogP contribution in [0.15, 0.2) is 18.2 Å². The van der Waals surface area contributed by atoms with Crippen LogP contribution in [-0.2, 0) is 14.3 Å². The highest BCUT2D eigenvalue weighted by Gasteiger charge is 2.32. The lowest BCUT2D eigenvalue weighted by Crippen LogP contribution is -2.34. The molecule has 2 aromatic rings. The van der Waals surface area contributed by atoms with E-state index in [9.17, 15) is 9.59 Å². The number of nitrogens with one attached hydrogen (secondary N) is 1. The largest absolute Gasteiger partial charge is 0.493 e. The van der Waals surface area contributed by atoms with Crippen LogP contribution in [0.5, 0.6) is 11.5 Å². The van der Waals surface area contributed by atoms with Gasteiger partial charge in [-0.1, -0.05) is 31.3 Å². The molecule has 0 spiro atoms. The van der Waals surface area contributed by atoms with Gasteiger partial charge in [0.25, 0.3) is 0 Å². The first kappa shape index (κ1) is 22.5. The summed E-state index contributed by atoms with van der Waals surface area (Å²) in [6.07, 6.45) is 1.87. The first-order chi connectivity index (χ1) is 15.4. The Morgan fingerprint density at radius 1 is 1.34 bits per heavy atom. The van der Waals surface area contributed by atoms with Crippen LogP contribution in [0.25, 0.3) is 0 Å². The number of methoxy groups -OCH3 is 1. The minimum Gasteiger partial charge on any atom is -0.493 e. The molecule has 4 rings (SSSR count). The number of hydrogen-bond donors (Lipinski definition) is 1. The summed E-state index contributed by atoms with van der Waals surface area (Å²) in [4.78, 5) is 26.6. The Morgan fingerprint density at radius 3 is 2.88 bits per heavy atom. The van der Waals surface area contributed by atoms with Crippen molar-refractivity contribution in [2.24, 2.45) is 0 Å². The van der Waals surface area contributed by atoms with Gasteiger partial charge in [-0.25, -0.2) is 0 Å². The number of anilines is 1. The molecule has 32 heavy (non-hydrogen) atoms. The minimum atomic E-state index is -0.277. The molecule has 2 amide bonds. The fraction of sp³-hybridized carbons (Fsp3) is 0.545. The van der Waals surface area contributed by atoms with E-state index < -0.39 is 0 Å². The Balaban J connectivity index is 1.38. The van der Waals surface area contributed by atoms with Gasteiger partial charge in [0, 0.05) is 31.2 Å². The van der Waals surface area contributed by atoms with Gasteiger partial charge in [-0.05, 0) is 24.1 Å². The number of carbonyl (C=O) groups is 2. The fourth-order valence-electron chi connectivity index (χ4n) is 3.82. The topological polar surface area (TPSA) is 103 Å². The van der Waals surface area contributed by atoms with Crippen molar-refractivity contribution < 1.29 is 23.8 Å². The molecule has 2 saturated heterocycles. The maximum atomic E-state index is 12.6. The molecule has 2 aliphatic heterocycles. The van der Waals surface area contributed by atoms with Gasteiger partial charge < -0.3 is 19.1 Å². The molecule has 2 atom stereocenters. The highest BCUT2D eigenvalue weighted by Crippen LogP contribution is 2.36. The van der Waals surface area contributed by atoms with Gasteiger partial charge in [-0.2, -0.15) is 0 Å². The molecule has 2 fully saturated rings. The lowest BCUT2D eigenvalue weighted by molar-refractivity contribution is -0.131. The van der Waals surface area contributed by atoms with E-state index >= 15 is 0 Å². The van der Waals surface area contributed by atoms with Crippen molar-refractivity contribution in [1.29, 1.82) is 0 Å². The second kappa shape index (κ2) is 9.83. The average Bonchev–Trinajstić information content (AvgIpc) is 3.51. The van der Waals surface area contributed by atoms with E-state index in [1.54, 1.807) is 12.0 Å². The van der Waals surface area contributed by atoms with Crippen molar-refractivity contribution in [1.82, 2.24) is 15.1 Å². The first-order valence-electron chi connectivity index (χ1n) is 10.8. The van der Waals surface area contributed by atoms with Gasteiger partial charge in [-0.3, -0.25) is 14.9 Å². The molecule has 172 valence electrons. The summed E-state index contributed by atoms with van der Waals surface area (Å²) in [5.41, 5.74) is 0.973. The van der Waals surface area contributed by atoms with Crippen molar-refractivity contribution in [2.75, 3.05) is 32.1 Å². The number of rotatable bonds is 8. The Morgan fingerprint density at radius 2 is 2.19 bits per heavy atom. The summed E-state index contributed by atoms with van der Waals surface area (Å²) in [6, 6.07) is 5.70. The quantitative estimate of drug-likeness (QED) is 0.645. The highest BCUT2D eigenvalue weighted by molar-refractivity contribution is 7.15. The molecular weight excluding hydrogens is 432 g/mol. The van der Waals surface area contributed by atoms with Crippen LogP contribution in [0.3, 0.4) is 0 Å². The minimum absolute atomic E-state index is 0.0125.